The summed E-state index contributed by atoms with van der Waals surface area (Å²) in [4.78, 5) is 14.4. The van der Waals surface area contributed by atoms with E-state index in [1.54, 1.807) is 24.1 Å². The number of carbonyl (C=O) groups is 1. The number of hydrogen-bond donors (Lipinski definition) is 1. The molecule has 0 bridgehead atoms. The molecule has 2 aromatic carbocycles. The zero-order chi connectivity index (χ0) is 20.9. The van der Waals surface area contributed by atoms with Gasteiger partial charge in [0.05, 0.1) is 11.0 Å². The molecule has 0 aliphatic carbocycles. The van der Waals surface area contributed by atoms with Gasteiger partial charge in [-0.1, -0.05) is 31.2 Å². The monoisotopic (exact) mass is 416 g/mol. The molecule has 6 nitrogen and oxygen atoms in total. The molecular weight excluding hydrogens is 388 g/mol. The van der Waals surface area contributed by atoms with Crippen molar-refractivity contribution >= 4 is 15.9 Å². The van der Waals surface area contributed by atoms with Crippen LogP contribution in [0.2, 0.25) is 0 Å². The van der Waals surface area contributed by atoms with Crippen LogP contribution in [0.3, 0.4) is 0 Å². The molecule has 0 saturated carbocycles. The molecular formula is C22H28N2O4S. The van der Waals surface area contributed by atoms with Gasteiger partial charge in [-0.2, -0.15) is 0 Å². The van der Waals surface area contributed by atoms with Crippen molar-refractivity contribution in [2.45, 2.75) is 43.7 Å². The van der Waals surface area contributed by atoms with E-state index in [0.717, 1.165) is 24.8 Å². The molecule has 1 aliphatic rings. The maximum atomic E-state index is 12.7. The molecule has 1 amide bonds. The van der Waals surface area contributed by atoms with Crippen LogP contribution < -0.4 is 4.72 Å². The summed E-state index contributed by atoms with van der Waals surface area (Å²) in [6.07, 6.45) is 2.74. The number of sulfonamides is 1. The first-order valence-corrected chi connectivity index (χ1v) is 11.4. The number of rotatable bonds is 8. The SMILES string of the molecule is CCc1ccc(CN(C)C(=O)c2ccc(S(=O)(=O)NCC3CCCO3)cc2)cc1. The number of hydrogen-bond acceptors (Lipinski definition) is 4. The molecule has 1 atom stereocenters. The average Bonchev–Trinajstić information content (AvgIpc) is 3.26. The smallest absolute Gasteiger partial charge is 0.253 e. The van der Waals surface area contributed by atoms with Gasteiger partial charge in [-0.15, -0.1) is 0 Å². The fourth-order valence-corrected chi connectivity index (χ4v) is 4.38. The van der Waals surface area contributed by atoms with Gasteiger partial charge in [0.2, 0.25) is 10.0 Å². The summed E-state index contributed by atoms with van der Waals surface area (Å²) in [6.45, 7) is 3.54. The molecule has 156 valence electrons. The Labute approximate surface area is 172 Å². The van der Waals surface area contributed by atoms with Gasteiger partial charge in [-0.05, 0) is 54.7 Å². The van der Waals surface area contributed by atoms with Crippen molar-refractivity contribution in [3.63, 3.8) is 0 Å². The second kappa shape index (κ2) is 9.52. The molecule has 0 radical (unpaired) electrons. The Bertz CT molecular complexity index is 918. The highest BCUT2D eigenvalue weighted by molar-refractivity contribution is 7.89. The fraction of sp³-hybridized carbons (Fsp3) is 0.409. The number of ether oxygens (including phenoxy) is 1. The van der Waals surface area contributed by atoms with Crippen molar-refractivity contribution in [1.29, 1.82) is 0 Å². The number of aryl methyl sites for hydroxylation is 1. The van der Waals surface area contributed by atoms with E-state index >= 15 is 0 Å². The van der Waals surface area contributed by atoms with Crippen LogP contribution in [0.5, 0.6) is 0 Å². The van der Waals surface area contributed by atoms with Crippen LogP contribution in [0.15, 0.2) is 53.4 Å². The van der Waals surface area contributed by atoms with E-state index in [4.69, 9.17) is 4.74 Å². The summed E-state index contributed by atoms with van der Waals surface area (Å²) < 4.78 is 32.9. The maximum absolute atomic E-state index is 12.7. The average molecular weight is 417 g/mol. The minimum Gasteiger partial charge on any atom is -0.377 e. The van der Waals surface area contributed by atoms with E-state index in [2.05, 4.69) is 23.8 Å². The highest BCUT2D eigenvalue weighted by atomic mass is 32.2. The zero-order valence-electron chi connectivity index (χ0n) is 16.9. The molecule has 7 heteroatoms. The Balaban J connectivity index is 1.60. The molecule has 1 heterocycles. The third-order valence-corrected chi connectivity index (χ3v) is 6.57. The van der Waals surface area contributed by atoms with E-state index in [9.17, 15) is 13.2 Å². The van der Waals surface area contributed by atoms with Crippen molar-refractivity contribution in [1.82, 2.24) is 9.62 Å². The summed E-state index contributed by atoms with van der Waals surface area (Å²) in [5.41, 5.74) is 2.76. The first-order chi connectivity index (χ1) is 13.9. The van der Waals surface area contributed by atoms with Crippen molar-refractivity contribution in [3.8, 4) is 0 Å². The Kier molecular flexibility index (Phi) is 7.05. The van der Waals surface area contributed by atoms with Crippen LogP contribution in [0.4, 0.5) is 0 Å². The molecule has 0 spiro atoms. The number of nitrogens with one attached hydrogen (secondary N) is 1. The topological polar surface area (TPSA) is 75.7 Å². The predicted molar refractivity (Wildman–Crippen MR) is 112 cm³/mol. The van der Waals surface area contributed by atoms with Gasteiger partial charge in [0.25, 0.3) is 5.91 Å². The quantitative estimate of drug-likeness (QED) is 0.718. The Morgan fingerprint density at radius 3 is 2.34 bits per heavy atom. The van der Waals surface area contributed by atoms with Gasteiger partial charge in [0.15, 0.2) is 0 Å². The van der Waals surface area contributed by atoms with E-state index in [1.807, 2.05) is 12.1 Å². The molecule has 1 aliphatic heterocycles. The van der Waals surface area contributed by atoms with E-state index in [-0.39, 0.29) is 23.5 Å². The lowest BCUT2D eigenvalue weighted by Crippen LogP contribution is -2.32. The summed E-state index contributed by atoms with van der Waals surface area (Å²) in [6, 6.07) is 14.2. The number of nitrogens with zero attached hydrogens (tertiary/aromatic N) is 1. The maximum Gasteiger partial charge on any atom is 0.253 e. The summed E-state index contributed by atoms with van der Waals surface area (Å²) >= 11 is 0. The summed E-state index contributed by atoms with van der Waals surface area (Å²) in [5, 5.41) is 0. The van der Waals surface area contributed by atoms with Crippen molar-refractivity contribution in [3.05, 3.63) is 65.2 Å². The number of carbonyl (C=O) groups excluding carboxylic acids is 1. The first kappa shape index (κ1) is 21.5. The van der Waals surface area contributed by atoms with Gasteiger partial charge in [0, 0.05) is 32.3 Å². The summed E-state index contributed by atoms with van der Waals surface area (Å²) in [5.74, 6) is -0.152. The zero-order valence-corrected chi connectivity index (χ0v) is 17.7. The van der Waals surface area contributed by atoms with Crippen LogP contribution in [-0.2, 0) is 27.7 Å². The molecule has 0 aromatic heterocycles. The molecule has 1 unspecified atom stereocenters. The van der Waals surface area contributed by atoms with Crippen LogP contribution in [0, 0.1) is 0 Å². The Morgan fingerprint density at radius 2 is 1.76 bits per heavy atom. The lowest BCUT2D eigenvalue weighted by atomic mass is 10.1. The van der Waals surface area contributed by atoms with Gasteiger partial charge in [-0.3, -0.25) is 4.79 Å². The molecule has 1 N–H and O–H groups in total. The fourth-order valence-electron chi connectivity index (χ4n) is 3.31. The lowest BCUT2D eigenvalue weighted by Gasteiger charge is -2.18. The highest BCUT2D eigenvalue weighted by Crippen LogP contribution is 2.15. The van der Waals surface area contributed by atoms with Gasteiger partial charge < -0.3 is 9.64 Å². The van der Waals surface area contributed by atoms with Crippen LogP contribution in [0.25, 0.3) is 0 Å². The minimum absolute atomic E-state index is 0.0642. The second-order valence-corrected chi connectivity index (χ2v) is 9.11. The minimum atomic E-state index is -3.62. The van der Waals surface area contributed by atoms with E-state index in [0.29, 0.717) is 18.7 Å². The highest BCUT2D eigenvalue weighted by Gasteiger charge is 2.21. The van der Waals surface area contributed by atoms with Gasteiger partial charge >= 0.3 is 0 Å². The third kappa shape index (κ3) is 5.65. The normalized spacial score (nSPS) is 16.7. The number of amides is 1. The van der Waals surface area contributed by atoms with Crippen molar-refractivity contribution in [2.75, 3.05) is 20.2 Å². The van der Waals surface area contributed by atoms with Crippen LogP contribution >= 0.6 is 0 Å². The Morgan fingerprint density at radius 1 is 1.10 bits per heavy atom. The van der Waals surface area contributed by atoms with Gasteiger partial charge in [-0.25, -0.2) is 13.1 Å². The molecule has 29 heavy (non-hydrogen) atoms. The molecule has 2 aromatic rings. The van der Waals surface area contributed by atoms with Crippen LogP contribution in [-0.4, -0.2) is 45.5 Å². The van der Waals surface area contributed by atoms with E-state index < -0.39 is 10.0 Å². The molecule has 3 rings (SSSR count). The second-order valence-electron chi connectivity index (χ2n) is 7.34. The molecule has 1 fully saturated rings. The van der Waals surface area contributed by atoms with Crippen LogP contribution in [0.1, 0.15) is 41.3 Å². The lowest BCUT2D eigenvalue weighted by molar-refractivity contribution is 0.0785. The van der Waals surface area contributed by atoms with Crippen molar-refractivity contribution in [2.24, 2.45) is 0 Å². The van der Waals surface area contributed by atoms with Crippen molar-refractivity contribution < 1.29 is 17.9 Å². The first-order valence-electron chi connectivity index (χ1n) is 9.93. The standard InChI is InChI=1S/C22H28N2O4S/c1-3-17-6-8-18(9-7-17)16-24(2)22(25)19-10-12-21(13-11-19)29(26,27)23-15-20-5-4-14-28-20/h6-13,20,23H,3-5,14-16H2,1-2H3. The molecule has 1 saturated heterocycles. The van der Waals surface area contributed by atoms with Gasteiger partial charge in [0.1, 0.15) is 0 Å². The summed E-state index contributed by atoms with van der Waals surface area (Å²) in [7, 11) is -1.88. The van der Waals surface area contributed by atoms with E-state index in [1.165, 1.54) is 17.7 Å². The predicted octanol–water partition coefficient (Wildman–Crippen LogP) is 2.98. The third-order valence-electron chi connectivity index (χ3n) is 5.13. The Hall–Kier alpha value is -2.22. The number of benzene rings is 2. The largest absolute Gasteiger partial charge is 0.377 e.